The molecule has 4 atom stereocenters. The van der Waals surface area contributed by atoms with Gasteiger partial charge in [-0.2, -0.15) is 0 Å². The third kappa shape index (κ3) is 7.54. The molecule has 13 heteroatoms. The Bertz CT molecular complexity index is 2030. The number of carbonyl (C=O) groups excluding carboxylic acids is 1. The molecule has 0 radical (unpaired) electrons. The molecular weight excluding hydrogens is 672 g/mol. The highest BCUT2D eigenvalue weighted by Crippen LogP contribution is 2.40. The summed E-state index contributed by atoms with van der Waals surface area (Å²) in [6.07, 6.45) is 6.84. The topological polar surface area (TPSA) is 177 Å². The minimum Gasteiger partial charge on any atom is -0.390 e. The highest BCUT2D eigenvalue weighted by Gasteiger charge is 2.44. The molecule has 9 rings (SSSR count). The van der Waals surface area contributed by atoms with Crippen LogP contribution in [0.1, 0.15) is 67.4 Å². The number of anilines is 2. The van der Waals surface area contributed by atoms with E-state index in [1.165, 1.54) is 24.4 Å². The summed E-state index contributed by atoms with van der Waals surface area (Å²) in [5, 5.41) is 25.3. The van der Waals surface area contributed by atoms with Crippen LogP contribution in [0.15, 0.2) is 61.1 Å². The molecule has 13 nitrogen and oxygen atoms in total. The van der Waals surface area contributed by atoms with Crippen LogP contribution in [0.2, 0.25) is 0 Å². The van der Waals surface area contributed by atoms with Gasteiger partial charge in [0.05, 0.1) is 55.0 Å². The number of aryl methyl sites for hydroxylation is 1. The average Bonchev–Trinajstić information content (AvgIpc) is 3.76. The number of aliphatic hydroxyl groups excluding tert-OH is 2. The number of fused-ring (bicyclic) bond motifs is 2. The van der Waals surface area contributed by atoms with E-state index < -0.39 is 12.2 Å². The van der Waals surface area contributed by atoms with Gasteiger partial charge in [0, 0.05) is 55.6 Å². The number of rotatable bonds is 10. The zero-order chi connectivity index (χ0) is 36.6. The average molecular weight is 723 g/mol. The van der Waals surface area contributed by atoms with Crippen molar-refractivity contribution in [2.75, 3.05) is 51.1 Å². The van der Waals surface area contributed by atoms with Gasteiger partial charge in [-0.15, -0.1) is 0 Å². The Labute approximate surface area is 308 Å². The minimum absolute atomic E-state index is 0.00220. The number of benzene rings is 2. The number of imidazole rings is 1. The van der Waals surface area contributed by atoms with E-state index in [0.717, 1.165) is 86.6 Å². The van der Waals surface area contributed by atoms with Gasteiger partial charge in [-0.1, -0.05) is 18.2 Å². The van der Waals surface area contributed by atoms with Gasteiger partial charge in [-0.05, 0) is 80.1 Å². The van der Waals surface area contributed by atoms with Gasteiger partial charge in [0.1, 0.15) is 29.7 Å². The van der Waals surface area contributed by atoms with Gasteiger partial charge in [-0.3, -0.25) is 4.79 Å². The molecule has 4 aliphatic rings. The van der Waals surface area contributed by atoms with Crippen LogP contribution in [0.25, 0.3) is 22.1 Å². The molecule has 3 aromatic heterocycles. The molecule has 1 amide bonds. The second-order valence-electron chi connectivity index (χ2n) is 15.5. The quantitative estimate of drug-likeness (QED) is 0.139. The van der Waals surface area contributed by atoms with E-state index in [4.69, 9.17) is 20.2 Å². The van der Waals surface area contributed by atoms with Gasteiger partial charge in [0.25, 0.3) is 0 Å². The zero-order valence-corrected chi connectivity index (χ0v) is 30.4. The number of nitrogen functional groups attached to an aromatic ring is 1. The second-order valence-corrected chi connectivity index (χ2v) is 15.5. The molecule has 2 saturated carbocycles. The van der Waals surface area contributed by atoms with Crippen LogP contribution in [-0.4, -0.2) is 104 Å². The fraction of sp³-hybridized carbons (Fsp3) is 0.500. The van der Waals surface area contributed by atoms with Gasteiger partial charge < -0.3 is 45.2 Å². The van der Waals surface area contributed by atoms with E-state index in [1.807, 2.05) is 41.1 Å². The zero-order valence-electron chi connectivity index (χ0n) is 30.4. The number of amides is 1. The van der Waals surface area contributed by atoms with Crippen molar-refractivity contribution in [1.82, 2.24) is 29.4 Å². The highest BCUT2D eigenvalue weighted by atomic mass is 16.5. The molecule has 0 unspecified atom stereocenters. The minimum atomic E-state index is -0.841. The Balaban J connectivity index is 0.000000240. The monoisotopic (exact) mass is 722 g/mol. The van der Waals surface area contributed by atoms with Crippen LogP contribution in [0.4, 0.5) is 11.5 Å². The summed E-state index contributed by atoms with van der Waals surface area (Å²) in [6, 6.07) is 16.6. The van der Waals surface area contributed by atoms with E-state index in [1.54, 1.807) is 0 Å². The molecule has 0 bridgehead atoms. The molecule has 53 heavy (non-hydrogen) atoms. The number of nitrogens with one attached hydrogen (secondary N) is 2. The summed E-state index contributed by atoms with van der Waals surface area (Å²) in [4.78, 5) is 29.9. The summed E-state index contributed by atoms with van der Waals surface area (Å²) < 4.78 is 12.4. The normalized spacial score (nSPS) is 25.8. The lowest BCUT2D eigenvalue weighted by molar-refractivity contribution is -0.114. The van der Waals surface area contributed by atoms with Crippen molar-refractivity contribution in [1.29, 1.82) is 0 Å². The Morgan fingerprint density at radius 3 is 2.40 bits per heavy atom. The molecule has 2 aliphatic carbocycles. The van der Waals surface area contributed by atoms with E-state index in [0.29, 0.717) is 41.7 Å². The van der Waals surface area contributed by atoms with Crippen molar-refractivity contribution < 1.29 is 24.5 Å². The fourth-order valence-electron chi connectivity index (χ4n) is 8.32. The number of nitrogens with zero attached hydrogens (tertiary/aromatic N) is 5. The lowest BCUT2D eigenvalue weighted by Crippen LogP contribution is -2.46. The summed E-state index contributed by atoms with van der Waals surface area (Å²) in [7, 11) is 2.15. The van der Waals surface area contributed by atoms with Gasteiger partial charge in [-0.25, -0.2) is 15.0 Å². The van der Waals surface area contributed by atoms with E-state index in [-0.39, 0.29) is 17.9 Å². The number of aliphatic hydroxyl groups is 2. The Morgan fingerprint density at radius 1 is 0.981 bits per heavy atom. The Hall–Kier alpha value is -4.40. The first kappa shape index (κ1) is 35.6. The molecule has 6 N–H and O–H groups in total. The molecule has 2 saturated heterocycles. The predicted molar refractivity (Wildman–Crippen MR) is 203 cm³/mol. The molecular formula is C40H50N8O5. The van der Waals surface area contributed by atoms with E-state index in [9.17, 15) is 15.0 Å². The maximum atomic E-state index is 10.9. The SMILES string of the molecule is CC(=O)Nc1ccc(C2COC2)cc1.CN(C[C@H]1C[C@@H](n2ccc3c(N)ncnc32)[C@H](O)[C@@H]1O)C1CC(CCc2nc3ccc(C4COC4)cc3[nH]2)C1. The molecule has 5 aromatic rings. The standard InChI is InChI=1S/C29H37N7O3.C11H13NO2/c1-35(12-18-11-24(27(38)26(18)37)36-7-6-21-28(30)31-15-32-29(21)36)20-8-16(9-20)2-5-25-33-22-4-3-17(10-23(22)34-25)19-13-39-14-19;1-8(13)12-11-4-2-9(3-5-11)10-6-14-7-10/h3-4,6-7,10,15-16,18-20,24,26-27,37-38H,2,5,8-9,11-14H2,1H3,(H,33,34)(H2,30,31,32);2-5,10H,6-7H2,1H3,(H,12,13)/t16?,18-,20?,24-,26-,27+;/m1./s1. The molecule has 2 aliphatic heterocycles. The van der Waals surface area contributed by atoms with Crippen LogP contribution in [0.3, 0.4) is 0 Å². The van der Waals surface area contributed by atoms with Crippen LogP contribution in [0, 0.1) is 11.8 Å². The number of aromatic nitrogens is 5. The first-order valence-corrected chi connectivity index (χ1v) is 18.8. The number of hydrogen-bond acceptors (Lipinski definition) is 10. The summed E-state index contributed by atoms with van der Waals surface area (Å²) >= 11 is 0. The molecule has 4 fully saturated rings. The molecule has 2 aromatic carbocycles. The smallest absolute Gasteiger partial charge is 0.221 e. The Kier molecular flexibility index (Phi) is 10.2. The number of H-pyrrole nitrogens is 1. The molecule has 5 heterocycles. The predicted octanol–water partition coefficient (Wildman–Crippen LogP) is 4.39. The van der Waals surface area contributed by atoms with Crippen molar-refractivity contribution in [3.8, 4) is 0 Å². The van der Waals surface area contributed by atoms with Crippen molar-refractivity contribution >= 4 is 39.5 Å². The van der Waals surface area contributed by atoms with Crippen LogP contribution >= 0.6 is 0 Å². The number of carbonyl (C=O) groups is 1. The lowest BCUT2D eigenvalue weighted by Gasteiger charge is -2.42. The van der Waals surface area contributed by atoms with Gasteiger partial charge in [0.15, 0.2) is 0 Å². The van der Waals surface area contributed by atoms with Crippen molar-refractivity contribution in [2.24, 2.45) is 11.8 Å². The number of nitrogens with two attached hydrogens (primary N) is 1. The van der Waals surface area contributed by atoms with Crippen LogP contribution in [-0.2, 0) is 20.7 Å². The first-order chi connectivity index (χ1) is 25.7. The van der Waals surface area contributed by atoms with E-state index in [2.05, 4.69) is 50.4 Å². The number of aromatic amines is 1. The van der Waals surface area contributed by atoms with Gasteiger partial charge >= 0.3 is 0 Å². The first-order valence-electron chi connectivity index (χ1n) is 18.8. The second kappa shape index (κ2) is 15.2. The van der Waals surface area contributed by atoms with E-state index >= 15 is 0 Å². The lowest BCUT2D eigenvalue weighted by atomic mass is 9.76. The maximum absolute atomic E-state index is 10.9. The largest absolute Gasteiger partial charge is 0.390 e. The molecule has 0 spiro atoms. The van der Waals surface area contributed by atoms with Crippen molar-refractivity contribution in [2.45, 2.75) is 75.2 Å². The van der Waals surface area contributed by atoms with Crippen molar-refractivity contribution in [3.63, 3.8) is 0 Å². The fourth-order valence-corrected chi connectivity index (χ4v) is 8.32. The Morgan fingerprint density at radius 2 is 1.70 bits per heavy atom. The highest BCUT2D eigenvalue weighted by molar-refractivity contribution is 5.88. The number of ether oxygens (including phenoxy) is 2. The summed E-state index contributed by atoms with van der Waals surface area (Å²) in [5.74, 6) is 3.21. The maximum Gasteiger partial charge on any atom is 0.221 e. The molecule has 280 valence electrons. The summed E-state index contributed by atoms with van der Waals surface area (Å²) in [6.45, 7) is 5.55. The third-order valence-corrected chi connectivity index (χ3v) is 11.8. The van der Waals surface area contributed by atoms with Gasteiger partial charge in [0.2, 0.25) is 5.91 Å². The van der Waals surface area contributed by atoms with Crippen LogP contribution < -0.4 is 11.1 Å². The summed E-state index contributed by atoms with van der Waals surface area (Å²) in [5.41, 5.74) is 12.3. The third-order valence-electron chi connectivity index (χ3n) is 11.8. The van der Waals surface area contributed by atoms with Crippen molar-refractivity contribution in [3.05, 3.63) is 78.0 Å². The number of hydrogen-bond donors (Lipinski definition) is 5. The van der Waals surface area contributed by atoms with Crippen LogP contribution in [0.5, 0.6) is 0 Å².